The van der Waals surface area contributed by atoms with Gasteiger partial charge in [0.05, 0.1) is 6.04 Å². The van der Waals surface area contributed by atoms with E-state index >= 15 is 0 Å². The van der Waals surface area contributed by atoms with E-state index < -0.39 is 5.41 Å². The molecular weight excluding hydrogens is 442 g/mol. The minimum absolute atomic E-state index is 0.103. The Morgan fingerprint density at radius 3 is 2.83 bits per heavy atom. The lowest BCUT2D eigenvalue weighted by atomic mass is 9.76. The maximum atomic E-state index is 13.8. The summed E-state index contributed by atoms with van der Waals surface area (Å²) in [4.78, 5) is 30.8. The van der Waals surface area contributed by atoms with E-state index in [0.29, 0.717) is 25.2 Å². The number of carbonyl (C=O) groups excluding carboxylic acids is 1. The number of hydrogen-bond donors (Lipinski definition) is 1. The summed E-state index contributed by atoms with van der Waals surface area (Å²) in [5.74, 6) is 0.917. The van der Waals surface area contributed by atoms with E-state index in [4.69, 9.17) is 0 Å². The number of aliphatic imine (C=N–C) groups is 1. The van der Waals surface area contributed by atoms with Crippen LogP contribution in [-0.4, -0.2) is 41.8 Å². The molecule has 0 bridgehead atoms. The molecule has 3 aromatic rings. The number of aromatic nitrogens is 6. The summed E-state index contributed by atoms with van der Waals surface area (Å²) in [5.41, 5.74) is 2.35. The number of allylic oxidation sites excluding steroid dienone is 1. The molecule has 0 saturated heterocycles. The first-order valence-electron chi connectivity index (χ1n) is 12.4. The van der Waals surface area contributed by atoms with E-state index in [1.54, 1.807) is 4.57 Å². The Balaban J connectivity index is 1.59. The van der Waals surface area contributed by atoms with Crippen LogP contribution >= 0.6 is 0 Å². The zero-order chi connectivity index (χ0) is 24.4. The van der Waals surface area contributed by atoms with Crippen LogP contribution in [-0.2, 0) is 23.2 Å². The first kappa shape index (κ1) is 23.1. The minimum Gasteiger partial charge on any atom is -0.297 e. The number of nitrogens with zero attached hydrogens (tertiary/aromatic N) is 6. The van der Waals surface area contributed by atoms with Gasteiger partial charge < -0.3 is 0 Å². The highest BCUT2D eigenvalue weighted by molar-refractivity contribution is 5.85. The molecule has 3 heterocycles. The van der Waals surface area contributed by atoms with Crippen molar-refractivity contribution in [2.45, 2.75) is 70.4 Å². The highest BCUT2D eigenvalue weighted by Crippen LogP contribution is 2.36. The minimum atomic E-state index is -0.465. The van der Waals surface area contributed by atoms with Gasteiger partial charge in [0.25, 0.3) is 0 Å². The Morgan fingerprint density at radius 2 is 2.14 bits per heavy atom. The predicted molar refractivity (Wildman–Crippen MR) is 133 cm³/mol. The van der Waals surface area contributed by atoms with E-state index in [9.17, 15) is 9.59 Å². The third-order valence-corrected chi connectivity index (χ3v) is 7.42. The lowest BCUT2D eigenvalue weighted by Crippen LogP contribution is -2.38. The van der Waals surface area contributed by atoms with Crippen LogP contribution in [0.25, 0.3) is 11.4 Å². The molecule has 1 aliphatic carbocycles. The van der Waals surface area contributed by atoms with Crippen molar-refractivity contribution >= 4 is 12.0 Å². The molecule has 2 aromatic heterocycles. The Hall–Kier alpha value is -3.62. The maximum absolute atomic E-state index is 13.8. The molecule has 182 valence electrons. The first-order valence-corrected chi connectivity index (χ1v) is 12.4. The highest BCUT2D eigenvalue weighted by atomic mass is 16.2. The van der Waals surface area contributed by atoms with Crippen molar-refractivity contribution in [2.75, 3.05) is 0 Å². The van der Waals surface area contributed by atoms with Crippen molar-refractivity contribution in [3.63, 3.8) is 0 Å². The van der Waals surface area contributed by atoms with Gasteiger partial charge in [-0.3, -0.25) is 18.9 Å². The Morgan fingerprint density at radius 1 is 1.26 bits per heavy atom. The number of aryl methyl sites for hydroxylation is 1. The lowest BCUT2D eigenvalue weighted by molar-refractivity contribution is -0.120. The summed E-state index contributed by atoms with van der Waals surface area (Å²) in [7, 11) is 0. The summed E-state index contributed by atoms with van der Waals surface area (Å²) >= 11 is 0. The van der Waals surface area contributed by atoms with Gasteiger partial charge >= 0.3 is 5.69 Å². The smallest absolute Gasteiger partial charge is 0.297 e. The largest absolute Gasteiger partial charge is 0.329 e. The molecule has 1 aromatic carbocycles. The number of aromatic amines is 1. The van der Waals surface area contributed by atoms with Crippen LogP contribution in [0.2, 0.25) is 0 Å². The van der Waals surface area contributed by atoms with Crippen LogP contribution in [0.15, 0.2) is 52.5 Å². The number of tetrazole rings is 1. The normalized spacial score (nSPS) is 23.9. The molecule has 1 N–H and O–H groups in total. The Labute approximate surface area is 204 Å². The fourth-order valence-electron chi connectivity index (χ4n) is 5.39. The van der Waals surface area contributed by atoms with Crippen molar-refractivity contribution in [3.8, 4) is 11.4 Å². The van der Waals surface area contributed by atoms with Gasteiger partial charge in [0, 0.05) is 48.2 Å². The molecule has 0 radical (unpaired) electrons. The number of carbonyl (C=O) groups is 1. The van der Waals surface area contributed by atoms with E-state index in [0.717, 1.165) is 42.5 Å². The van der Waals surface area contributed by atoms with Crippen LogP contribution in [0, 0.1) is 5.92 Å². The van der Waals surface area contributed by atoms with Crippen molar-refractivity contribution in [1.29, 1.82) is 0 Å². The number of rotatable bonds is 8. The summed E-state index contributed by atoms with van der Waals surface area (Å²) < 4.78 is 3.59. The second-order valence-corrected chi connectivity index (χ2v) is 9.77. The average Bonchev–Trinajstić information content (AvgIpc) is 3.60. The van der Waals surface area contributed by atoms with Crippen molar-refractivity contribution in [3.05, 3.63) is 64.5 Å². The highest BCUT2D eigenvalue weighted by Gasteiger charge is 2.37. The molecule has 1 saturated carbocycles. The molecule has 5 rings (SSSR count). The number of Topliss-reactive ketones (excluding diaryl/α,β-unsaturated/α-hetero) is 1. The van der Waals surface area contributed by atoms with Gasteiger partial charge in [-0.15, -0.1) is 5.10 Å². The molecule has 2 aliphatic rings. The second-order valence-electron chi connectivity index (χ2n) is 9.77. The van der Waals surface area contributed by atoms with Gasteiger partial charge in [0.2, 0.25) is 0 Å². The molecular formula is C26H31N7O2. The van der Waals surface area contributed by atoms with E-state index in [2.05, 4.69) is 57.7 Å². The molecule has 3 atom stereocenters. The molecule has 0 spiro atoms. The van der Waals surface area contributed by atoms with Crippen LogP contribution < -0.4 is 5.69 Å². The Kier molecular flexibility index (Phi) is 6.32. The zero-order valence-corrected chi connectivity index (χ0v) is 20.2. The number of ketones is 1. The predicted octanol–water partition coefficient (Wildman–Crippen LogP) is 3.64. The van der Waals surface area contributed by atoms with Crippen LogP contribution in [0.4, 0.5) is 0 Å². The van der Waals surface area contributed by atoms with Crippen molar-refractivity contribution in [2.24, 2.45) is 10.9 Å². The second kappa shape index (κ2) is 9.56. The number of nitrogens with one attached hydrogen (secondary N) is 1. The quantitative estimate of drug-likeness (QED) is 0.537. The fourth-order valence-corrected chi connectivity index (χ4v) is 5.39. The molecule has 9 nitrogen and oxygen atoms in total. The monoisotopic (exact) mass is 473 g/mol. The van der Waals surface area contributed by atoms with Crippen LogP contribution in [0.1, 0.15) is 63.3 Å². The standard InChI is InChI=1S/C26H31N7O2/c1-3-4-8-21-16-32(23-18(2)9-10-22(23)34)25(35)33(21)17-26(11-13-27-14-12-26)20-7-5-6-19(15-20)24-28-30-31-29-24/h5-7,11,13-16,18,23H,3-4,8-10,12,17H2,1-2H3,(H,28,29,30,31). The summed E-state index contributed by atoms with van der Waals surface area (Å²) in [6.07, 6.45) is 12.6. The van der Waals surface area contributed by atoms with Crippen molar-refractivity contribution in [1.82, 2.24) is 29.8 Å². The molecule has 1 fully saturated rings. The summed E-state index contributed by atoms with van der Waals surface area (Å²) in [5, 5.41) is 14.3. The van der Waals surface area contributed by atoms with Gasteiger partial charge in [-0.05, 0) is 53.7 Å². The van der Waals surface area contributed by atoms with Gasteiger partial charge in [0.15, 0.2) is 11.6 Å². The SMILES string of the molecule is CCCCc1cn(C2C(=O)CCC2C)c(=O)n1CC1(c2cccc(-c3nnn[nH]3)c2)C=CN=CC1. The number of imidazole rings is 1. The third kappa shape index (κ3) is 4.31. The van der Waals surface area contributed by atoms with Gasteiger partial charge in [-0.25, -0.2) is 9.89 Å². The zero-order valence-electron chi connectivity index (χ0n) is 20.2. The molecule has 3 unspecified atom stereocenters. The van der Waals surface area contributed by atoms with Gasteiger partial charge in [-0.2, -0.15) is 0 Å². The van der Waals surface area contributed by atoms with E-state index in [-0.39, 0.29) is 23.4 Å². The van der Waals surface area contributed by atoms with Crippen molar-refractivity contribution < 1.29 is 4.79 Å². The Bertz CT molecular complexity index is 1320. The van der Waals surface area contributed by atoms with E-state index in [1.807, 2.05) is 35.3 Å². The number of unbranched alkanes of at least 4 members (excludes halogenated alkanes) is 1. The first-order chi connectivity index (χ1) is 17.0. The molecule has 35 heavy (non-hydrogen) atoms. The summed E-state index contributed by atoms with van der Waals surface area (Å²) in [6, 6.07) is 7.72. The average molecular weight is 474 g/mol. The molecule has 0 amide bonds. The topological polar surface area (TPSA) is 111 Å². The molecule has 9 heteroatoms. The maximum Gasteiger partial charge on any atom is 0.329 e. The van der Waals surface area contributed by atoms with Crippen LogP contribution in [0.3, 0.4) is 0 Å². The fraction of sp³-hybridized carbons (Fsp3) is 0.462. The van der Waals surface area contributed by atoms with E-state index in [1.165, 1.54) is 0 Å². The lowest BCUT2D eigenvalue weighted by Gasteiger charge is -2.32. The van der Waals surface area contributed by atoms with Gasteiger partial charge in [-0.1, -0.05) is 44.5 Å². The van der Waals surface area contributed by atoms with Crippen LogP contribution in [0.5, 0.6) is 0 Å². The number of hydrogen-bond acceptors (Lipinski definition) is 6. The summed E-state index contributed by atoms with van der Waals surface area (Å²) in [6.45, 7) is 4.68. The third-order valence-electron chi connectivity index (χ3n) is 7.42. The number of benzene rings is 1. The molecule has 1 aliphatic heterocycles. The van der Waals surface area contributed by atoms with Gasteiger partial charge in [0.1, 0.15) is 0 Å². The number of H-pyrrole nitrogens is 1.